The van der Waals surface area contributed by atoms with Gasteiger partial charge in [-0.05, 0) is 5.56 Å². The van der Waals surface area contributed by atoms with Crippen molar-refractivity contribution in [1.29, 1.82) is 0 Å². The molecular formula is C16H16F3N3O2. The first-order chi connectivity index (χ1) is 11.4. The highest BCUT2D eigenvalue weighted by molar-refractivity contribution is 5.77. The topological polar surface area (TPSA) is 58.2 Å². The fourth-order valence-electron chi connectivity index (χ4n) is 2.69. The summed E-state index contributed by atoms with van der Waals surface area (Å²) in [5, 5.41) is 6.74. The van der Waals surface area contributed by atoms with E-state index in [0.717, 1.165) is 11.3 Å². The number of amides is 1. The lowest BCUT2D eigenvalue weighted by molar-refractivity contribution is -0.224. The molecule has 1 N–H and O–H groups in total. The van der Waals surface area contributed by atoms with Gasteiger partial charge in [-0.3, -0.25) is 9.89 Å². The Labute approximate surface area is 136 Å². The van der Waals surface area contributed by atoms with E-state index in [2.05, 4.69) is 10.2 Å². The molecule has 24 heavy (non-hydrogen) atoms. The molecule has 5 nitrogen and oxygen atoms in total. The standard InChI is InChI=1S/C16H16F3N3O2/c17-16(18,19)15(11-4-2-1-3-5-11)24-10-14(23)22-7-6-13-12(9-22)8-20-21-13/h1-5,8,15H,6-7,9-10H2,(H,20,21)/t15-/m1/s1. The van der Waals surface area contributed by atoms with Crippen molar-refractivity contribution in [2.75, 3.05) is 13.2 Å². The van der Waals surface area contributed by atoms with Gasteiger partial charge in [0.15, 0.2) is 6.10 Å². The average molecular weight is 339 g/mol. The summed E-state index contributed by atoms with van der Waals surface area (Å²) in [4.78, 5) is 13.7. The summed E-state index contributed by atoms with van der Waals surface area (Å²) < 4.78 is 44.5. The van der Waals surface area contributed by atoms with Crippen LogP contribution in [0.25, 0.3) is 0 Å². The second kappa shape index (κ2) is 6.64. The first-order valence-corrected chi connectivity index (χ1v) is 7.47. The first kappa shape index (κ1) is 16.5. The summed E-state index contributed by atoms with van der Waals surface area (Å²) in [5.74, 6) is -0.466. The van der Waals surface area contributed by atoms with Crippen LogP contribution in [0.3, 0.4) is 0 Å². The molecule has 2 aromatic rings. The minimum absolute atomic E-state index is 0.0198. The number of fused-ring (bicyclic) bond motifs is 1. The molecule has 3 rings (SSSR count). The molecule has 2 heterocycles. The van der Waals surface area contributed by atoms with E-state index in [1.54, 1.807) is 12.3 Å². The molecule has 0 saturated heterocycles. The molecule has 0 bridgehead atoms. The molecule has 0 spiro atoms. The van der Waals surface area contributed by atoms with Crippen molar-refractivity contribution in [2.24, 2.45) is 0 Å². The second-order valence-electron chi connectivity index (χ2n) is 5.58. The van der Waals surface area contributed by atoms with Gasteiger partial charge in [-0.1, -0.05) is 30.3 Å². The Balaban J connectivity index is 1.64. The fourth-order valence-corrected chi connectivity index (χ4v) is 2.69. The number of rotatable bonds is 4. The Kier molecular flexibility index (Phi) is 4.57. The molecular weight excluding hydrogens is 323 g/mol. The third-order valence-corrected chi connectivity index (χ3v) is 3.93. The number of H-pyrrole nitrogens is 1. The maximum absolute atomic E-state index is 13.2. The number of halogens is 3. The largest absolute Gasteiger partial charge is 0.418 e. The Bertz CT molecular complexity index is 700. The predicted octanol–water partition coefficient (Wildman–Crippen LogP) is 2.61. The van der Waals surface area contributed by atoms with Gasteiger partial charge in [0.25, 0.3) is 0 Å². The zero-order valence-corrected chi connectivity index (χ0v) is 12.7. The number of aromatic nitrogens is 2. The highest BCUT2D eigenvalue weighted by Crippen LogP contribution is 2.35. The summed E-state index contributed by atoms with van der Waals surface area (Å²) in [5.41, 5.74) is 1.82. The molecule has 128 valence electrons. The van der Waals surface area contributed by atoms with Crippen LogP contribution in [0.4, 0.5) is 13.2 Å². The van der Waals surface area contributed by atoms with Crippen LogP contribution >= 0.6 is 0 Å². The number of nitrogens with zero attached hydrogens (tertiary/aromatic N) is 2. The van der Waals surface area contributed by atoms with Crippen LogP contribution in [0.5, 0.6) is 0 Å². The molecule has 1 aliphatic rings. The van der Waals surface area contributed by atoms with Crippen molar-refractivity contribution < 1.29 is 22.7 Å². The lowest BCUT2D eigenvalue weighted by atomic mass is 10.1. The number of hydrogen-bond donors (Lipinski definition) is 1. The lowest BCUT2D eigenvalue weighted by Crippen LogP contribution is -2.39. The normalized spacial score (nSPS) is 15.9. The maximum Gasteiger partial charge on any atom is 0.418 e. The van der Waals surface area contributed by atoms with Gasteiger partial charge in [-0.15, -0.1) is 0 Å². The van der Waals surface area contributed by atoms with E-state index in [1.165, 1.54) is 29.2 Å². The lowest BCUT2D eigenvalue weighted by Gasteiger charge is -2.28. The summed E-state index contributed by atoms with van der Waals surface area (Å²) in [7, 11) is 0. The number of carbonyl (C=O) groups is 1. The van der Waals surface area contributed by atoms with Gasteiger partial charge in [0.1, 0.15) is 6.61 Å². The van der Waals surface area contributed by atoms with Crippen molar-refractivity contribution in [3.8, 4) is 0 Å². The van der Waals surface area contributed by atoms with Crippen LogP contribution in [0, 0.1) is 0 Å². The highest BCUT2D eigenvalue weighted by Gasteiger charge is 2.42. The Morgan fingerprint density at radius 2 is 2.08 bits per heavy atom. The van der Waals surface area contributed by atoms with Crippen LogP contribution in [0.2, 0.25) is 0 Å². The van der Waals surface area contributed by atoms with E-state index in [1.807, 2.05) is 0 Å². The number of ether oxygens (including phenoxy) is 1. The molecule has 1 atom stereocenters. The van der Waals surface area contributed by atoms with Crippen LogP contribution in [-0.2, 0) is 22.5 Å². The SMILES string of the molecule is O=C(CO[C@H](c1ccccc1)C(F)(F)F)N1CCc2[nH]ncc2C1. The van der Waals surface area contributed by atoms with Gasteiger partial charge in [0.2, 0.25) is 5.91 Å². The summed E-state index contributed by atoms with van der Waals surface area (Å²) in [6.07, 6.45) is -4.47. The van der Waals surface area contributed by atoms with Crippen molar-refractivity contribution >= 4 is 5.91 Å². The van der Waals surface area contributed by atoms with Gasteiger partial charge < -0.3 is 9.64 Å². The number of aromatic amines is 1. The van der Waals surface area contributed by atoms with Crippen molar-refractivity contribution in [2.45, 2.75) is 25.2 Å². The third-order valence-electron chi connectivity index (χ3n) is 3.93. The van der Waals surface area contributed by atoms with E-state index in [-0.39, 0.29) is 5.56 Å². The van der Waals surface area contributed by atoms with Crippen LogP contribution in [-0.4, -0.2) is 40.3 Å². The van der Waals surface area contributed by atoms with E-state index >= 15 is 0 Å². The van der Waals surface area contributed by atoms with Crippen molar-refractivity contribution in [3.63, 3.8) is 0 Å². The van der Waals surface area contributed by atoms with Gasteiger partial charge in [-0.2, -0.15) is 18.3 Å². The third kappa shape index (κ3) is 3.59. The van der Waals surface area contributed by atoms with Crippen LogP contribution in [0.15, 0.2) is 36.5 Å². The molecule has 1 aromatic carbocycles. The molecule has 0 aliphatic carbocycles. The maximum atomic E-state index is 13.2. The Morgan fingerprint density at radius 1 is 1.33 bits per heavy atom. The number of carbonyl (C=O) groups excluding carboxylic acids is 1. The smallest absolute Gasteiger partial charge is 0.354 e. The summed E-state index contributed by atoms with van der Waals surface area (Å²) in [6, 6.07) is 7.30. The summed E-state index contributed by atoms with van der Waals surface area (Å²) in [6.45, 7) is 0.141. The van der Waals surface area contributed by atoms with Crippen molar-refractivity contribution in [3.05, 3.63) is 53.3 Å². The van der Waals surface area contributed by atoms with Gasteiger partial charge >= 0.3 is 6.18 Å². The number of benzene rings is 1. The molecule has 0 saturated carbocycles. The van der Waals surface area contributed by atoms with E-state index < -0.39 is 24.8 Å². The molecule has 0 fully saturated rings. The zero-order valence-electron chi connectivity index (χ0n) is 12.7. The molecule has 8 heteroatoms. The highest BCUT2D eigenvalue weighted by atomic mass is 19.4. The predicted molar refractivity (Wildman–Crippen MR) is 78.9 cm³/mol. The Hall–Kier alpha value is -2.35. The van der Waals surface area contributed by atoms with Crippen LogP contribution in [0.1, 0.15) is 22.9 Å². The summed E-state index contributed by atoms with van der Waals surface area (Å²) >= 11 is 0. The monoisotopic (exact) mass is 339 g/mol. The molecule has 0 unspecified atom stereocenters. The molecule has 0 radical (unpaired) electrons. The second-order valence-corrected chi connectivity index (χ2v) is 5.58. The van der Waals surface area contributed by atoms with E-state index in [9.17, 15) is 18.0 Å². The van der Waals surface area contributed by atoms with Gasteiger partial charge in [0.05, 0.1) is 6.20 Å². The minimum Gasteiger partial charge on any atom is -0.354 e. The molecule has 1 amide bonds. The number of alkyl halides is 3. The molecule has 1 aromatic heterocycles. The minimum atomic E-state index is -4.58. The zero-order chi connectivity index (χ0) is 17.2. The molecule has 1 aliphatic heterocycles. The first-order valence-electron chi connectivity index (χ1n) is 7.47. The Morgan fingerprint density at radius 3 is 2.79 bits per heavy atom. The number of hydrogen-bond acceptors (Lipinski definition) is 3. The average Bonchev–Trinajstić information content (AvgIpc) is 3.02. The van der Waals surface area contributed by atoms with Gasteiger partial charge in [0, 0.05) is 30.8 Å². The van der Waals surface area contributed by atoms with E-state index in [4.69, 9.17) is 4.74 Å². The number of nitrogens with one attached hydrogen (secondary N) is 1. The van der Waals surface area contributed by atoms with Gasteiger partial charge in [-0.25, -0.2) is 0 Å². The fraction of sp³-hybridized carbons (Fsp3) is 0.375. The quantitative estimate of drug-likeness (QED) is 0.932. The van der Waals surface area contributed by atoms with Crippen LogP contribution < -0.4 is 0 Å². The van der Waals surface area contributed by atoms with Crippen molar-refractivity contribution in [1.82, 2.24) is 15.1 Å². The van der Waals surface area contributed by atoms with E-state index in [0.29, 0.717) is 19.5 Å².